The van der Waals surface area contributed by atoms with Gasteiger partial charge in [0.05, 0.1) is 18.4 Å². The lowest BCUT2D eigenvalue weighted by Gasteiger charge is -2.15. The van der Waals surface area contributed by atoms with E-state index in [1.54, 1.807) is 0 Å². The van der Waals surface area contributed by atoms with Gasteiger partial charge in [0.1, 0.15) is 6.10 Å². The lowest BCUT2D eigenvalue weighted by Crippen LogP contribution is -2.30. The maximum absolute atomic E-state index is 12.5. The molecule has 1 fully saturated rings. The SMILES string of the molecule is CS(=O)(=O)N1CC[C@@H](Oc2cc(C(F)(F)F)ccn2)C1. The minimum absolute atomic E-state index is 0.122. The second-order valence-corrected chi connectivity index (χ2v) is 6.51. The number of nitrogens with zero attached hydrogens (tertiary/aromatic N) is 2. The molecule has 1 aliphatic heterocycles. The number of ether oxygens (including phenoxy) is 1. The van der Waals surface area contributed by atoms with E-state index >= 15 is 0 Å². The first-order chi connectivity index (χ1) is 9.16. The maximum atomic E-state index is 12.5. The first-order valence-corrected chi connectivity index (χ1v) is 7.66. The molecule has 0 amide bonds. The van der Waals surface area contributed by atoms with E-state index in [2.05, 4.69) is 4.98 Å². The first kappa shape index (κ1) is 15.0. The van der Waals surface area contributed by atoms with Crippen LogP contribution >= 0.6 is 0 Å². The van der Waals surface area contributed by atoms with E-state index in [1.165, 1.54) is 4.31 Å². The second kappa shape index (κ2) is 5.21. The Morgan fingerprint density at radius 1 is 1.45 bits per heavy atom. The lowest BCUT2D eigenvalue weighted by atomic mass is 10.2. The molecular formula is C11H13F3N2O3S. The summed E-state index contributed by atoms with van der Waals surface area (Å²) < 4.78 is 66.8. The van der Waals surface area contributed by atoms with Gasteiger partial charge in [0.15, 0.2) is 0 Å². The third-order valence-electron chi connectivity index (χ3n) is 2.93. The fourth-order valence-corrected chi connectivity index (χ4v) is 2.79. The summed E-state index contributed by atoms with van der Waals surface area (Å²) >= 11 is 0. The lowest BCUT2D eigenvalue weighted by molar-refractivity contribution is -0.137. The van der Waals surface area contributed by atoms with Crippen LogP contribution in [0.5, 0.6) is 5.88 Å². The van der Waals surface area contributed by atoms with Gasteiger partial charge in [-0.2, -0.15) is 17.5 Å². The van der Waals surface area contributed by atoms with Crippen LogP contribution in [0.3, 0.4) is 0 Å². The predicted octanol–water partition coefficient (Wildman–Crippen LogP) is 1.51. The van der Waals surface area contributed by atoms with Crippen molar-refractivity contribution in [3.63, 3.8) is 0 Å². The van der Waals surface area contributed by atoms with Crippen LogP contribution in [0.1, 0.15) is 12.0 Å². The Hall–Kier alpha value is -1.35. The van der Waals surface area contributed by atoms with E-state index < -0.39 is 27.9 Å². The van der Waals surface area contributed by atoms with E-state index in [9.17, 15) is 21.6 Å². The first-order valence-electron chi connectivity index (χ1n) is 5.81. The number of sulfonamides is 1. The number of aromatic nitrogens is 1. The van der Waals surface area contributed by atoms with Gasteiger partial charge in [-0.15, -0.1) is 0 Å². The van der Waals surface area contributed by atoms with Crippen LogP contribution in [0.4, 0.5) is 13.2 Å². The Kier molecular flexibility index (Phi) is 3.92. The molecule has 0 saturated carbocycles. The molecule has 1 aromatic rings. The Balaban J connectivity index is 2.05. The van der Waals surface area contributed by atoms with Crippen molar-refractivity contribution >= 4 is 10.0 Å². The number of halogens is 3. The molecule has 2 rings (SSSR count). The summed E-state index contributed by atoms with van der Waals surface area (Å²) in [6.45, 7) is 0.416. The number of hydrogen-bond donors (Lipinski definition) is 0. The summed E-state index contributed by atoms with van der Waals surface area (Å²) in [5.41, 5.74) is -0.847. The fraction of sp³-hybridized carbons (Fsp3) is 0.545. The molecule has 1 aliphatic rings. The summed E-state index contributed by atoms with van der Waals surface area (Å²) in [6.07, 6.45) is -2.43. The zero-order valence-corrected chi connectivity index (χ0v) is 11.4. The van der Waals surface area contributed by atoms with Crippen molar-refractivity contribution in [3.05, 3.63) is 23.9 Å². The van der Waals surface area contributed by atoms with Crippen molar-refractivity contribution in [3.8, 4) is 5.88 Å². The molecule has 0 aliphatic carbocycles. The largest absolute Gasteiger partial charge is 0.473 e. The summed E-state index contributed by atoms with van der Waals surface area (Å²) in [6, 6.07) is 1.66. The summed E-state index contributed by atoms with van der Waals surface area (Å²) in [5, 5.41) is 0. The number of rotatable bonds is 3. The minimum Gasteiger partial charge on any atom is -0.473 e. The number of pyridine rings is 1. The van der Waals surface area contributed by atoms with Gasteiger partial charge in [0.2, 0.25) is 15.9 Å². The van der Waals surface area contributed by atoms with Crippen LogP contribution < -0.4 is 4.74 Å². The summed E-state index contributed by atoms with van der Waals surface area (Å²) in [7, 11) is -3.31. The van der Waals surface area contributed by atoms with Crippen LogP contribution in [0.25, 0.3) is 0 Å². The van der Waals surface area contributed by atoms with Crippen molar-refractivity contribution in [2.24, 2.45) is 0 Å². The molecule has 112 valence electrons. The van der Waals surface area contributed by atoms with E-state index in [0.29, 0.717) is 13.0 Å². The Labute approximate surface area is 114 Å². The molecule has 1 saturated heterocycles. The van der Waals surface area contributed by atoms with Gasteiger partial charge in [-0.25, -0.2) is 13.4 Å². The quantitative estimate of drug-likeness (QED) is 0.849. The Morgan fingerprint density at radius 3 is 2.70 bits per heavy atom. The average molecular weight is 310 g/mol. The van der Waals surface area contributed by atoms with Crippen LogP contribution in [-0.4, -0.2) is 43.2 Å². The Morgan fingerprint density at radius 2 is 2.15 bits per heavy atom. The van der Waals surface area contributed by atoms with Crippen molar-refractivity contribution in [2.45, 2.75) is 18.7 Å². The molecule has 9 heteroatoms. The summed E-state index contributed by atoms with van der Waals surface area (Å²) in [4.78, 5) is 3.71. The fourth-order valence-electron chi connectivity index (χ4n) is 1.92. The van der Waals surface area contributed by atoms with E-state index in [4.69, 9.17) is 4.74 Å². The van der Waals surface area contributed by atoms with Gasteiger partial charge in [-0.05, 0) is 12.5 Å². The molecular weight excluding hydrogens is 297 g/mol. The molecule has 0 bridgehead atoms. The highest BCUT2D eigenvalue weighted by Gasteiger charge is 2.33. The van der Waals surface area contributed by atoms with Crippen molar-refractivity contribution in [2.75, 3.05) is 19.3 Å². The van der Waals surface area contributed by atoms with Crippen LogP contribution in [0, 0.1) is 0 Å². The topological polar surface area (TPSA) is 59.5 Å². The molecule has 0 unspecified atom stereocenters. The molecule has 1 atom stereocenters. The summed E-state index contributed by atoms with van der Waals surface area (Å²) in [5.74, 6) is -0.153. The van der Waals surface area contributed by atoms with Crippen molar-refractivity contribution in [1.82, 2.24) is 9.29 Å². The highest BCUT2D eigenvalue weighted by Crippen LogP contribution is 2.31. The molecule has 20 heavy (non-hydrogen) atoms. The van der Waals surface area contributed by atoms with Crippen molar-refractivity contribution < 1.29 is 26.3 Å². The van der Waals surface area contributed by atoms with Gasteiger partial charge in [-0.3, -0.25) is 0 Å². The number of hydrogen-bond acceptors (Lipinski definition) is 4. The molecule has 0 spiro atoms. The average Bonchev–Trinajstić information content (AvgIpc) is 2.76. The maximum Gasteiger partial charge on any atom is 0.416 e. The zero-order valence-electron chi connectivity index (χ0n) is 10.6. The van der Waals surface area contributed by atoms with Gasteiger partial charge >= 0.3 is 6.18 Å². The molecule has 5 nitrogen and oxygen atoms in total. The molecule has 2 heterocycles. The molecule has 0 radical (unpaired) electrons. The van der Waals surface area contributed by atoms with Crippen LogP contribution in [0.2, 0.25) is 0 Å². The third kappa shape index (κ3) is 3.60. The second-order valence-electron chi connectivity index (χ2n) is 4.53. The van der Waals surface area contributed by atoms with Crippen molar-refractivity contribution in [1.29, 1.82) is 0 Å². The van der Waals surface area contributed by atoms with Gasteiger partial charge < -0.3 is 4.74 Å². The normalized spacial score (nSPS) is 21.1. The third-order valence-corrected chi connectivity index (χ3v) is 4.20. The van der Waals surface area contributed by atoms with Gasteiger partial charge in [0, 0.05) is 18.8 Å². The molecule has 0 aromatic carbocycles. The zero-order chi connectivity index (χ0) is 15.0. The highest BCUT2D eigenvalue weighted by atomic mass is 32.2. The molecule has 1 aromatic heterocycles. The van der Waals surface area contributed by atoms with E-state index in [1.807, 2.05) is 0 Å². The molecule has 0 N–H and O–H groups in total. The highest BCUT2D eigenvalue weighted by molar-refractivity contribution is 7.88. The monoisotopic (exact) mass is 310 g/mol. The standard InChI is InChI=1S/C11H13F3N2O3S/c1-20(17,18)16-5-3-9(7-16)19-10-6-8(2-4-15-10)11(12,13)14/h2,4,6,9H,3,5,7H2,1H3/t9-/m1/s1. The predicted molar refractivity (Wildman–Crippen MR) is 64.7 cm³/mol. The van der Waals surface area contributed by atoms with Crippen LogP contribution in [-0.2, 0) is 16.2 Å². The van der Waals surface area contributed by atoms with E-state index in [0.717, 1.165) is 24.6 Å². The Bertz CT molecular complexity index is 589. The minimum atomic E-state index is -4.46. The number of alkyl halides is 3. The van der Waals surface area contributed by atoms with E-state index in [-0.39, 0.29) is 12.4 Å². The smallest absolute Gasteiger partial charge is 0.416 e. The van der Waals surface area contributed by atoms with Gasteiger partial charge in [0.25, 0.3) is 0 Å². The van der Waals surface area contributed by atoms with Crippen LogP contribution in [0.15, 0.2) is 18.3 Å². The van der Waals surface area contributed by atoms with Gasteiger partial charge in [-0.1, -0.05) is 0 Å².